The van der Waals surface area contributed by atoms with Crippen LogP contribution in [0, 0.1) is 12.8 Å². The number of hydrogen-bond donors (Lipinski definition) is 4. The number of aliphatic hydroxyl groups is 1. The first-order chi connectivity index (χ1) is 31.7. The number of nitrogens with zero attached hydrogens (tertiary/aromatic N) is 2. The molecule has 1 atom stereocenters. The Kier molecular flexibility index (Phi) is 16.5. The minimum absolute atomic E-state index is 0.0586. The van der Waals surface area contributed by atoms with Crippen LogP contribution in [-0.2, 0) is 22.4 Å². The molecule has 1 aliphatic heterocycles. The van der Waals surface area contributed by atoms with Gasteiger partial charge in [0.15, 0.2) is 6.61 Å². The predicted molar refractivity (Wildman–Crippen MR) is 263 cm³/mol. The van der Waals surface area contributed by atoms with Gasteiger partial charge < -0.3 is 35.0 Å². The summed E-state index contributed by atoms with van der Waals surface area (Å²) in [5.74, 6) is 1.70. The highest BCUT2D eigenvalue weighted by Gasteiger charge is 2.38. The summed E-state index contributed by atoms with van der Waals surface area (Å²) in [6.45, 7) is 9.80. The summed E-state index contributed by atoms with van der Waals surface area (Å²) in [6.07, 6.45) is 18.5. The number of halogens is 2. The number of rotatable bonds is 22. The van der Waals surface area contributed by atoms with E-state index >= 15 is 0 Å². The molecule has 7 rings (SSSR count). The number of amides is 2. The second-order valence-corrected chi connectivity index (χ2v) is 19.6. The van der Waals surface area contributed by atoms with E-state index < -0.39 is 13.5 Å². The normalized spacial score (nSPS) is 19.2. The number of carbonyl (C=O) groups excluding carboxylic acids is 2. The van der Waals surface area contributed by atoms with Crippen molar-refractivity contribution >= 4 is 48.4 Å². The van der Waals surface area contributed by atoms with Crippen molar-refractivity contribution in [1.29, 1.82) is 0 Å². The lowest BCUT2D eigenvalue weighted by Crippen LogP contribution is -2.54. The summed E-state index contributed by atoms with van der Waals surface area (Å²) >= 11 is 1.42. The molecule has 0 saturated heterocycles. The van der Waals surface area contributed by atoms with Crippen molar-refractivity contribution < 1.29 is 32.8 Å². The number of ether oxygens (including phenoxy) is 2. The number of unbranched alkanes of at least 4 members (excludes halogenated alkanes) is 2. The Labute approximate surface area is 392 Å². The standard InChI is InChI=1S/C52H64BF2N5O5S/c1-36-14-25-47(45-11-8-10-44(36)45)65-34-42(61)33-57-52(4)28-26-38(27-29-52)51(2,3)59-49(62)13-6-5-7-30-56-50(63)35-64-43-22-16-37(17-23-43)15-18-39-19-20-40(58-39)32-41-21-24-46(60(41)53(54)55)48-12-9-31-66-48/h9,12,14-25,31-32,38,42,57,61H,5-8,10-11,13,26-30,33-35H2,1-4H3,(H,56,63)(H,59,62)/b18-15+,40-32-/t38?,42-,52?/m0/s1. The van der Waals surface area contributed by atoms with Crippen LogP contribution in [0.2, 0.25) is 0 Å². The van der Waals surface area contributed by atoms with Gasteiger partial charge in [-0.1, -0.05) is 36.8 Å². The lowest BCUT2D eigenvalue weighted by molar-refractivity contribution is -0.124. The molecule has 2 aromatic carbocycles. The molecule has 4 N–H and O–H groups in total. The zero-order chi connectivity index (χ0) is 46.7. The maximum absolute atomic E-state index is 14.0. The van der Waals surface area contributed by atoms with Crippen molar-refractivity contribution in [2.45, 2.75) is 116 Å². The molecule has 0 bridgehead atoms. The van der Waals surface area contributed by atoms with Crippen LogP contribution in [0.25, 0.3) is 22.7 Å². The second-order valence-electron chi connectivity index (χ2n) is 18.7. The summed E-state index contributed by atoms with van der Waals surface area (Å²) < 4.78 is 40.8. The SMILES string of the molecule is Cc1ccc(OC[C@@H](O)CNC2(C)CCC(C(C)(C)NC(=O)CCCCCNC(=O)COc3ccc(/C=C/C4=NC(=C\c5ccc(-c6cccs6)n5B(F)F)/C=C4)cc3)CC2)c2c1CCC2. The molecule has 10 nitrogen and oxygen atoms in total. The summed E-state index contributed by atoms with van der Waals surface area (Å²) in [7, 11) is -2.68. The quantitative estimate of drug-likeness (QED) is 0.0460. The van der Waals surface area contributed by atoms with E-state index in [-0.39, 0.29) is 36.1 Å². The molecular weight excluding hydrogens is 855 g/mol. The summed E-state index contributed by atoms with van der Waals surface area (Å²) in [6, 6.07) is 18.6. The predicted octanol–water partition coefficient (Wildman–Crippen LogP) is 9.78. The van der Waals surface area contributed by atoms with E-state index in [0.717, 1.165) is 84.9 Å². The number of thiophene rings is 1. The van der Waals surface area contributed by atoms with Crippen molar-refractivity contribution in [3.05, 3.63) is 118 Å². The number of benzene rings is 2. The van der Waals surface area contributed by atoms with Crippen LogP contribution >= 0.6 is 11.3 Å². The Morgan fingerprint density at radius 3 is 2.53 bits per heavy atom. The summed E-state index contributed by atoms with van der Waals surface area (Å²) in [5.41, 5.74) is 6.71. The fourth-order valence-electron chi connectivity index (χ4n) is 9.29. The average Bonchev–Trinajstić information content (AvgIpc) is 4.14. The molecule has 3 aliphatic rings. The van der Waals surface area contributed by atoms with Crippen LogP contribution in [0.4, 0.5) is 8.63 Å². The van der Waals surface area contributed by atoms with Crippen molar-refractivity contribution in [1.82, 2.24) is 20.4 Å². The lowest BCUT2D eigenvalue weighted by atomic mass is 9.70. The van der Waals surface area contributed by atoms with E-state index in [1.54, 1.807) is 36.4 Å². The van der Waals surface area contributed by atoms with E-state index in [2.05, 4.69) is 54.7 Å². The van der Waals surface area contributed by atoms with Crippen molar-refractivity contribution in [2.24, 2.45) is 10.9 Å². The third kappa shape index (κ3) is 13.2. The first-order valence-electron chi connectivity index (χ1n) is 23.4. The number of aliphatic imine (C=N–C) groups is 1. The molecule has 14 heteroatoms. The maximum Gasteiger partial charge on any atom is 0.678 e. The molecule has 2 aromatic heterocycles. The van der Waals surface area contributed by atoms with Crippen molar-refractivity contribution in [3.63, 3.8) is 0 Å². The number of fused-ring (bicyclic) bond motifs is 1. The van der Waals surface area contributed by atoms with Gasteiger partial charge in [-0.05, 0) is 180 Å². The van der Waals surface area contributed by atoms with E-state index in [9.17, 15) is 23.3 Å². The number of aryl methyl sites for hydroxylation is 1. The van der Waals surface area contributed by atoms with Gasteiger partial charge in [0, 0.05) is 41.2 Å². The Balaban J connectivity index is 0.731. The van der Waals surface area contributed by atoms with Crippen LogP contribution in [0.15, 0.2) is 95.0 Å². The van der Waals surface area contributed by atoms with E-state index in [4.69, 9.17) is 9.47 Å². The monoisotopic (exact) mass is 919 g/mol. The molecule has 350 valence electrons. The van der Waals surface area contributed by atoms with Gasteiger partial charge >= 0.3 is 7.40 Å². The molecule has 0 unspecified atom stereocenters. The van der Waals surface area contributed by atoms with Gasteiger partial charge in [0.05, 0.1) is 17.1 Å². The van der Waals surface area contributed by atoms with Crippen LogP contribution in [-0.4, -0.2) is 78.0 Å². The minimum Gasteiger partial charge on any atom is -0.491 e. The Hall–Kier alpha value is -5.31. The average molecular weight is 920 g/mol. The number of aliphatic hydroxyl groups excluding tert-OH is 1. The lowest BCUT2D eigenvalue weighted by Gasteiger charge is -2.44. The highest BCUT2D eigenvalue weighted by atomic mass is 32.1. The van der Waals surface area contributed by atoms with Gasteiger partial charge in [-0.25, -0.2) is 4.99 Å². The first-order valence-corrected chi connectivity index (χ1v) is 24.3. The molecule has 66 heavy (non-hydrogen) atoms. The molecule has 2 amide bonds. The Bertz CT molecular complexity index is 2400. The molecule has 3 heterocycles. The first kappa shape index (κ1) is 48.6. The van der Waals surface area contributed by atoms with Crippen LogP contribution in [0.3, 0.4) is 0 Å². The molecule has 1 saturated carbocycles. The highest BCUT2D eigenvalue weighted by molar-refractivity contribution is 7.13. The van der Waals surface area contributed by atoms with Gasteiger partial charge in [-0.2, -0.15) is 0 Å². The second kappa shape index (κ2) is 22.5. The topological polar surface area (TPSA) is 126 Å². The molecule has 2 aliphatic carbocycles. The van der Waals surface area contributed by atoms with Gasteiger partial charge in [0.2, 0.25) is 5.91 Å². The van der Waals surface area contributed by atoms with E-state index in [0.29, 0.717) is 54.0 Å². The van der Waals surface area contributed by atoms with Gasteiger partial charge in [-0.15, -0.1) is 11.3 Å². The number of hydrogen-bond acceptors (Lipinski definition) is 8. The molecule has 0 spiro atoms. The van der Waals surface area contributed by atoms with Gasteiger partial charge in [0.1, 0.15) is 24.2 Å². The zero-order valence-corrected chi connectivity index (χ0v) is 39.5. The van der Waals surface area contributed by atoms with Crippen LogP contribution in [0.1, 0.15) is 107 Å². The maximum atomic E-state index is 14.0. The third-order valence-corrected chi connectivity index (χ3v) is 14.1. The molecule has 1 fully saturated rings. The van der Waals surface area contributed by atoms with Crippen molar-refractivity contribution in [2.75, 3.05) is 26.3 Å². The minimum atomic E-state index is -2.68. The molecular formula is C52H64BF2N5O5S. The highest BCUT2D eigenvalue weighted by Crippen LogP contribution is 2.38. The Morgan fingerprint density at radius 1 is 0.985 bits per heavy atom. The van der Waals surface area contributed by atoms with E-state index in [1.807, 2.05) is 53.9 Å². The summed E-state index contributed by atoms with van der Waals surface area (Å²) in [4.78, 5) is 30.8. The van der Waals surface area contributed by atoms with Crippen molar-refractivity contribution in [3.8, 4) is 22.1 Å². The number of carbonyl (C=O) groups is 2. The largest absolute Gasteiger partial charge is 0.678 e. The number of β-amino-alcohol motifs (C(OH)–C–C–N with tert-alkyl or cyclic N) is 1. The fraction of sp³-hybridized carbons (Fsp3) is 0.442. The number of aromatic nitrogens is 1. The zero-order valence-electron chi connectivity index (χ0n) is 38.7. The fourth-order valence-corrected chi connectivity index (χ4v) is 10.0. The van der Waals surface area contributed by atoms with E-state index in [1.165, 1.54) is 28.0 Å². The molecule has 0 radical (unpaired) electrons. The number of allylic oxidation sites excluding steroid dienone is 3. The van der Waals surface area contributed by atoms with Crippen LogP contribution in [0.5, 0.6) is 11.5 Å². The Morgan fingerprint density at radius 2 is 1.77 bits per heavy atom. The number of nitrogens with one attached hydrogen (secondary N) is 3. The van der Waals surface area contributed by atoms with Crippen LogP contribution < -0.4 is 25.4 Å². The third-order valence-electron chi connectivity index (χ3n) is 13.2. The van der Waals surface area contributed by atoms with Gasteiger partial charge in [0.25, 0.3) is 5.91 Å². The summed E-state index contributed by atoms with van der Waals surface area (Å²) in [5, 5.41) is 22.5. The van der Waals surface area contributed by atoms with Gasteiger partial charge in [-0.3, -0.25) is 18.2 Å². The molecule has 4 aromatic rings. The smallest absolute Gasteiger partial charge is 0.491 e.